The Labute approximate surface area is 164 Å². The van der Waals surface area contributed by atoms with E-state index in [1.165, 1.54) is 28.7 Å². The molecule has 0 saturated carbocycles. The standard InChI is InChI=1S/C19H16N4O2S2/c1-12-7-8-14-15(9-12)27-18(20-14)21-16(24)11-26-19-23-22-17(25-19)10-13-5-3-2-4-6-13/h2-9H,10-11H2,1H3,(H,20,21,24). The second kappa shape index (κ2) is 7.89. The number of rotatable bonds is 6. The third-order valence-electron chi connectivity index (χ3n) is 3.76. The van der Waals surface area contributed by atoms with Crippen molar-refractivity contribution in [2.24, 2.45) is 0 Å². The third kappa shape index (κ3) is 4.53. The van der Waals surface area contributed by atoms with Gasteiger partial charge in [0.15, 0.2) is 5.13 Å². The fourth-order valence-corrected chi connectivity index (χ4v) is 4.07. The van der Waals surface area contributed by atoms with Crippen LogP contribution in [-0.2, 0) is 11.2 Å². The van der Waals surface area contributed by atoms with Gasteiger partial charge in [0.05, 0.1) is 22.4 Å². The van der Waals surface area contributed by atoms with Crippen molar-refractivity contribution in [2.45, 2.75) is 18.6 Å². The summed E-state index contributed by atoms with van der Waals surface area (Å²) < 4.78 is 6.65. The highest BCUT2D eigenvalue weighted by atomic mass is 32.2. The predicted molar refractivity (Wildman–Crippen MR) is 107 cm³/mol. The molecule has 0 fully saturated rings. The van der Waals surface area contributed by atoms with E-state index in [0.29, 0.717) is 22.7 Å². The summed E-state index contributed by atoms with van der Waals surface area (Å²) in [5, 5.41) is 11.8. The Morgan fingerprint density at radius 3 is 2.89 bits per heavy atom. The van der Waals surface area contributed by atoms with Crippen molar-refractivity contribution in [3.8, 4) is 0 Å². The molecule has 4 rings (SSSR count). The second-order valence-corrected chi connectivity index (χ2v) is 7.91. The number of fused-ring (bicyclic) bond motifs is 1. The van der Waals surface area contributed by atoms with Gasteiger partial charge in [-0.2, -0.15) is 0 Å². The first-order valence-corrected chi connectivity index (χ1v) is 10.1. The van der Waals surface area contributed by atoms with Crippen LogP contribution in [0.15, 0.2) is 58.2 Å². The first-order valence-electron chi connectivity index (χ1n) is 8.32. The van der Waals surface area contributed by atoms with Crippen molar-refractivity contribution in [3.05, 3.63) is 65.5 Å². The van der Waals surface area contributed by atoms with Crippen molar-refractivity contribution in [1.82, 2.24) is 15.2 Å². The molecule has 27 heavy (non-hydrogen) atoms. The molecule has 1 amide bonds. The summed E-state index contributed by atoms with van der Waals surface area (Å²) in [5.41, 5.74) is 3.15. The van der Waals surface area contributed by atoms with Crippen molar-refractivity contribution in [3.63, 3.8) is 0 Å². The number of carbonyl (C=O) groups excluding carboxylic acids is 1. The van der Waals surface area contributed by atoms with E-state index >= 15 is 0 Å². The van der Waals surface area contributed by atoms with Gasteiger partial charge in [-0.15, -0.1) is 10.2 Å². The molecule has 2 aromatic carbocycles. The SMILES string of the molecule is Cc1ccc2nc(NC(=O)CSc3nnc(Cc4ccccc4)o3)sc2c1. The number of nitrogens with one attached hydrogen (secondary N) is 1. The van der Waals surface area contributed by atoms with E-state index in [1.807, 2.05) is 49.4 Å². The number of anilines is 1. The Kier molecular flexibility index (Phi) is 5.17. The zero-order valence-electron chi connectivity index (χ0n) is 14.5. The lowest BCUT2D eigenvalue weighted by atomic mass is 10.2. The maximum atomic E-state index is 12.2. The lowest BCUT2D eigenvalue weighted by Crippen LogP contribution is -2.13. The molecule has 1 N–H and O–H groups in total. The minimum atomic E-state index is -0.154. The fourth-order valence-electron chi connectivity index (χ4n) is 2.51. The summed E-state index contributed by atoms with van der Waals surface area (Å²) in [5.74, 6) is 0.561. The largest absolute Gasteiger partial charge is 0.416 e. The topological polar surface area (TPSA) is 80.9 Å². The molecule has 0 unspecified atom stereocenters. The molecule has 0 spiro atoms. The highest BCUT2D eigenvalue weighted by Crippen LogP contribution is 2.27. The minimum absolute atomic E-state index is 0.154. The molecule has 6 nitrogen and oxygen atoms in total. The molecule has 0 atom stereocenters. The van der Waals surface area contributed by atoms with Crippen LogP contribution in [0.4, 0.5) is 5.13 Å². The van der Waals surface area contributed by atoms with Gasteiger partial charge >= 0.3 is 0 Å². The van der Waals surface area contributed by atoms with Crippen LogP contribution in [-0.4, -0.2) is 26.8 Å². The first-order chi connectivity index (χ1) is 13.2. The van der Waals surface area contributed by atoms with E-state index in [4.69, 9.17) is 4.42 Å². The van der Waals surface area contributed by atoms with E-state index < -0.39 is 0 Å². The molecule has 0 bridgehead atoms. The van der Waals surface area contributed by atoms with Crippen LogP contribution < -0.4 is 5.32 Å². The number of amides is 1. The summed E-state index contributed by atoms with van der Waals surface area (Å²) >= 11 is 2.68. The molecule has 0 aliphatic carbocycles. The summed E-state index contributed by atoms with van der Waals surface area (Å²) in [6.45, 7) is 2.03. The smallest absolute Gasteiger partial charge is 0.277 e. The van der Waals surface area contributed by atoms with Crippen LogP contribution in [0.5, 0.6) is 0 Å². The summed E-state index contributed by atoms with van der Waals surface area (Å²) in [7, 11) is 0. The zero-order valence-corrected chi connectivity index (χ0v) is 16.1. The van der Waals surface area contributed by atoms with Crippen LogP contribution in [0.25, 0.3) is 10.2 Å². The van der Waals surface area contributed by atoms with Gasteiger partial charge in [-0.3, -0.25) is 4.79 Å². The van der Waals surface area contributed by atoms with E-state index in [2.05, 4.69) is 26.6 Å². The number of carbonyl (C=O) groups is 1. The lowest BCUT2D eigenvalue weighted by molar-refractivity contribution is -0.113. The Bertz CT molecular complexity index is 1080. The molecule has 2 heterocycles. The van der Waals surface area contributed by atoms with Gasteiger partial charge in [-0.1, -0.05) is 59.5 Å². The van der Waals surface area contributed by atoms with Crippen LogP contribution in [0.3, 0.4) is 0 Å². The molecule has 136 valence electrons. The Hall–Kier alpha value is -2.71. The van der Waals surface area contributed by atoms with E-state index in [-0.39, 0.29) is 11.7 Å². The number of nitrogens with zero attached hydrogens (tertiary/aromatic N) is 3. The van der Waals surface area contributed by atoms with Crippen molar-refractivity contribution in [2.75, 3.05) is 11.1 Å². The summed E-state index contributed by atoms with van der Waals surface area (Å²) in [6.07, 6.45) is 0.575. The number of hydrogen-bond acceptors (Lipinski definition) is 7. The highest BCUT2D eigenvalue weighted by Gasteiger charge is 2.12. The summed E-state index contributed by atoms with van der Waals surface area (Å²) in [4.78, 5) is 16.6. The normalized spacial score (nSPS) is 11.0. The molecule has 0 aliphatic rings. The van der Waals surface area contributed by atoms with Crippen molar-refractivity contribution < 1.29 is 9.21 Å². The fraction of sp³-hybridized carbons (Fsp3) is 0.158. The lowest BCUT2D eigenvalue weighted by Gasteiger charge is -1.98. The van der Waals surface area contributed by atoms with Crippen molar-refractivity contribution >= 4 is 44.4 Å². The summed E-state index contributed by atoms with van der Waals surface area (Å²) in [6, 6.07) is 15.9. The monoisotopic (exact) mass is 396 g/mol. The van der Waals surface area contributed by atoms with Gasteiger partial charge in [-0.05, 0) is 30.2 Å². The third-order valence-corrected chi connectivity index (χ3v) is 5.52. The zero-order chi connectivity index (χ0) is 18.6. The molecule has 0 radical (unpaired) electrons. The average Bonchev–Trinajstić information content (AvgIpc) is 3.26. The quantitative estimate of drug-likeness (QED) is 0.489. The maximum absolute atomic E-state index is 12.2. The van der Waals surface area contributed by atoms with Crippen molar-refractivity contribution in [1.29, 1.82) is 0 Å². The molecule has 2 aromatic heterocycles. The molecule has 8 heteroatoms. The number of thioether (sulfide) groups is 1. The Morgan fingerprint density at radius 2 is 2.04 bits per heavy atom. The Balaban J connectivity index is 1.32. The van der Waals surface area contributed by atoms with Crippen LogP contribution in [0.2, 0.25) is 0 Å². The number of aromatic nitrogens is 3. The van der Waals surface area contributed by atoms with Gasteiger partial charge in [0.1, 0.15) is 0 Å². The number of benzene rings is 2. The molecule has 0 saturated heterocycles. The Morgan fingerprint density at radius 1 is 1.19 bits per heavy atom. The average molecular weight is 396 g/mol. The first kappa shape index (κ1) is 17.7. The second-order valence-electron chi connectivity index (χ2n) is 5.95. The number of hydrogen-bond donors (Lipinski definition) is 1. The van der Waals surface area contributed by atoms with Crippen LogP contribution in [0, 0.1) is 6.92 Å². The predicted octanol–water partition coefficient (Wildman–Crippen LogP) is 4.31. The highest BCUT2D eigenvalue weighted by molar-refractivity contribution is 7.99. The number of thiazole rings is 1. The minimum Gasteiger partial charge on any atom is -0.416 e. The molecule has 0 aliphatic heterocycles. The van der Waals surface area contributed by atoms with Crippen LogP contribution >= 0.6 is 23.1 Å². The molecule has 4 aromatic rings. The van der Waals surface area contributed by atoms with Gasteiger partial charge in [-0.25, -0.2) is 4.98 Å². The van der Waals surface area contributed by atoms with Crippen LogP contribution in [0.1, 0.15) is 17.0 Å². The van der Waals surface area contributed by atoms with Gasteiger partial charge in [0, 0.05) is 0 Å². The van der Waals surface area contributed by atoms with Gasteiger partial charge < -0.3 is 9.73 Å². The number of aryl methyl sites for hydroxylation is 1. The van der Waals surface area contributed by atoms with E-state index in [1.54, 1.807) is 0 Å². The van der Waals surface area contributed by atoms with E-state index in [0.717, 1.165) is 15.8 Å². The van der Waals surface area contributed by atoms with E-state index in [9.17, 15) is 4.79 Å². The molecular formula is C19H16N4O2S2. The van der Waals surface area contributed by atoms with Gasteiger partial charge in [0.25, 0.3) is 5.22 Å². The van der Waals surface area contributed by atoms with Gasteiger partial charge in [0.2, 0.25) is 11.8 Å². The maximum Gasteiger partial charge on any atom is 0.277 e. The molecular weight excluding hydrogens is 380 g/mol.